The van der Waals surface area contributed by atoms with Gasteiger partial charge in [-0.3, -0.25) is 0 Å². The van der Waals surface area contributed by atoms with Crippen molar-refractivity contribution in [1.29, 1.82) is 0 Å². The fourth-order valence-electron chi connectivity index (χ4n) is 5.88. The Morgan fingerprint density at radius 2 is 1.78 bits per heavy atom. The van der Waals surface area contributed by atoms with Crippen LogP contribution >= 0.6 is 11.8 Å². The van der Waals surface area contributed by atoms with E-state index in [4.69, 9.17) is 0 Å². The molecular formula is C27H44O4S. The standard InChI is InChI=1S/C27H44O4S/c1-6-27(31,7-2)17-32-18(3)21-12-13-22-20(9-8-14-25(21,22)4)11-10-19-15-23(28)26(5,30)24(29)16-19/h10-12,18,22-24,28-31H,6-9,13-17H2,1-5H3/b19-10?,20-11+/t18-,22-,23+,24+,25+,26?/m0/s1. The Kier molecular flexibility index (Phi) is 8.09. The summed E-state index contributed by atoms with van der Waals surface area (Å²) >= 11 is 1.89. The van der Waals surface area contributed by atoms with Crippen LogP contribution in [0.4, 0.5) is 0 Å². The van der Waals surface area contributed by atoms with E-state index in [9.17, 15) is 20.4 Å². The molecule has 0 aromatic heterocycles. The predicted octanol–water partition coefficient (Wildman–Crippen LogP) is 4.92. The van der Waals surface area contributed by atoms with Crippen molar-refractivity contribution in [3.05, 3.63) is 34.9 Å². The second kappa shape index (κ2) is 9.95. The van der Waals surface area contributed by atoms with E-state index in [2.05, 4.69) is 45.9 Å². The fourth-order valence-corrected chi connectivity index (χ4v) is 7.40. The number of hydrogen-bond donors (Lipinski definition) is 4. The largest absolute Gasteiger partial charge is 0.390 e. The van der Waals surface area contributed by atoms with E-state index >= 15 is 0 Å². The lowest BCUT2D eigenvalue weighted by Gasteiger charge is -2.43. The lowest BCUT2D eigenvalue weighted by atomic mass is 9.63. The quantitative estimate of drug-likeness (QED) is 0.402. The molecule has 3 aliphatic carbocycles. The molecule has 0 saturated heterocycles. The molecule has 0 bridgehead atoms. The van der Waals surface area contributed by atoms with Crippen molar-refractivity contribution in [2.75, 3.05) is 5.75 Å². The number of allylic oxidation sites excluding steroid dienone is 4. The van der Waals surface area contributed by atoms with E-state index < -0.39 is 23.4 Å². The first-order chi connectivity index (χ1) is 15.0. The van der Waals surface area contributed by atoms with Crippen molar-refractivity contribution < 1.29 is 20.4 Å². The van der Waals surface area contributed by atoms with E-state index in [0.717, 1.165) is 37.0 Å². The van der Waals surface area contributed by atoms with Gasteiger partial charge in [0.2, 0.25) is 0 Å². The van der Waals surface area contributed by atoms with Gasteiger partial charge in [0.25, 0.3) is 0 Å². The highest BCUT2D eigenvalue weighted by Gasteiger charge is 2.46. The SMILES string of the molecule is CCC(O)(CC)CS[C@@H](C)C1=CC[C@H]2/C(=C/C=C3C[C@@H](O)C(C)(O)[C@H](O)C3)CCC[C@]12C. The normalized spacial score (nSPS) is 37.9. The summed E-state index contributed by atoms with van der Waals surface area (Å²) in [6.45, 7) is 10.4. The molecule has 0 amide bonds. The smallest absolute Gasteiger partial charge is 0.114 e. The van der Waals surface area contributed by atoms with Gasteiger partial charge in [-0.2, -0.15) is 11.8 Å². The van der Waals surface area contributed by atoms with E-state index in [1.54, 1.807) is 5.57 Å². The van der Waals surface area contributed by atoms with Gasteiger partial charge in [0, 0.05) is 11.0 Å². The second-order valence-electron chi connectivity index (χ2n) is 10.8. The zero-order valence-electron chi connectivity index (χ0n) is 20.6. The maximum absolute atomic E-state index is 10.7. The van der Waals surface area contributed by atoms with Crippen LogP contribution in [-0.4, -0.2) is 54.8 Å². The van der Waals surface area contributed by atoms with Gasteiger partial charge in [-0.25, -0.2) is 0 Å². The third-order valence-electron chi connectivity index (χ3n) is 8.76. The van der Waals surface area contributed by atoms with Gasteiger partial charge in [-0.15, -0.1) is 0 Å². The summed E-state index contributed by atoms with van der Waals surface area (Å²) in [7, 11) is 0. The summed E-state index contributed by atoms with van der Waals surface area (Å²) < 4.78 is 0. The lowest BCUT2D eigenvalue weighted by molar-refractivity contribution is -0.144. The minimum Gasteiger partial charge on any atom is -0.390 e. The summed E-state index contributed by atoms with van der Waals surface area (Å²) in [5.74, 6) is 1.28. The Morgan fingerprint density at radius 3 is 2.38 bits per heavy atom. The van der Waals surface area contributed by atoms with Gasteiger partial charge < -0.3 is 20.4 Å². The summed E-state index contributed by atoms with van der Waals surface area (Å²) in [5.41, 5.74) is 2.18. The number of hydrogen-bond acceptors (Lipinski definition) is 5. The topological polar surface area (TPSA) is 80.9 Å². The Hall–Kier alpha value is -0.590. The predicted molar refractivity (Wildman–Crippen MR) is 134 cm³/mol. The monoisotopic (exact) mass is 464 g/mol. The molecule has 4 N–H and O–H groups in total. The first-order valence-corrected chi connectivity index (χ1v) is 13.5. The van der Waals surface area contributed by atoms with Crippen LogP contribution < -0.4 is 0 Å². The van der Waals surface area contributed by atoms with Gasteiger partial charge >= 0.3 is 0 Å². The Morgan fingerprint density at radius 1 is 1.16 bits per heavy atom. The Balaban J connectivity index is 1.71. The first-order valence-electron chi connectivity index (χ1n) is 12.5. The molecule has 4 nitrogen and oxygen atoms in total. The number of rotatable bonds is 7. The van der Waals surface area contributed by atoms with Crippen LogP contribution in [0.1, 0.15) is 86.0 Å². The van der Waals surface area contributed by atoms with Crippen LogP contribution in [0.25, 0.3) is 0 Å². The number of aliphatic hydroxyl groups excluding tert-OH is 2. The van der Waals surface area contributed by atoms with Crippen LogP contribution in [0.3, 0.4) is 0 Å². The molecular weight excluding hydrogens is 420 g/mol. The van der Waals surface area contributed by atoms with Crippen LogP contribution in [0, 0.1) is 11.3 Å². The second-order valence-corrected chi connectivity index (χ2v) is 12.2. The lowest BCUT2D eigenvalue weighted by Crippen LogP contribution is -2.52. The molecule has 2 fully saturated rings. The molecule has 0 spiro atoms. The fraction of sp³-hybridized carbons (Fsp3) is 0.778. The van der Waals surface area contributed by atoms with E-state index in [-0.39, 0.29) is 5.41 Å². The van der Waals surface area contributed by atoms with Crippen LogP contribution in [-0.2, 0) is 0 Å². The molecule has 5 atom stereocenters. The van der Waals surface area contributed by atoms with Crippen molar-refractivity contribution in [2.24, 2.45) is 11.3 Å². The summed E-state index contributed by atoms with van der Waals surface area (Å²) in [6, 6.07) is 0. The molecule has 2 saturated carbocycles. The molecule has 5 heteroatoms. The zero-order chi connectivity index (χ0) is 23.7. The van der Waals surface area contributed by atoms with E-state index in [0.29, 0.717) is 24.0 Å². The first kappa shape index (κ1) is 26.0. The van der Waals surface area contributed by atoms with Crippen molar-refractivity contribution >= 4 is 11.8 Å². The maximum atomic E-state index is 10.7. The molecule has 0 aromatic carbocycles. The van der Waals surface area contributed by atoms with Gasteiger partial charge in [0.1, 0.15) is 5.60 Å². The molecule has 0 aliphatic heterocycles. The van der Waals surface area contributed by atoms with Crippen molar-refractivity contribution in [3.63, 3.8) is 0 Å². The van der Waals surface area contributed by atoms with E-state index in [1.807, 2.05) is 11.8 Å². The number of aliphatic hydroxyl groups is 4. The summed E-state index contributed by atoms with van der Waals surface area (Å²) in [5, 5.41) is 41.8. The van der Waals surface area contributed by atoms with Crippen molar-refractivity contribution in [3.8, 4) is 0 Å². The Bertz CT molecular complexity index is 748. The van der Waals surface area contributed by atoms with Gasteiger partial charge in [-0.05, 0) is 76.5 Å². The molecule has 182 valence electrons. The molecule has 32 heavy (non-hydrogen) atoms. The van der Waals surface area contributed by atoms with Gasteiger partial charge in [-0.1, -0.05) is 55.7 Å². The van der Waals surface area contributed by atoms with Gasteiger partial charge in [0.15, 0.2) is 0 Å². The number of thioether (sulfide) groups is 1. The van der Waals surface area contributed by atoms with Crippen LogP contribution in [0.2, 0.25) is 0 Å². The average Bonchev–Trinajstić information content (AvgIpc) is 3.12. The molecule has 3 aliphatic rings. The third-order valence-corrected chi connectivity index (χ3v) is 10.2. The molecule has 0 unspecified atom stereocenters. The molecule has 0 radical (unpaired) electrons. The molecule has 0 heterocycles. The minimum atomic E-state index is -1.44. The highest BCUT2D eigenvalue weighted by Crippen LogP contribution is 2.57. The van der Waals surface area contributed by atoms with Crippen molar-refractivity contribution in [2.45, 2.75) is 115 Å². The third kappa shape index (κ3) is 5.07. The van der Waals surface area contributed by atoms with Gasteiger partial charge in [0.05, 0.1) is 17.8 Å². The minimum absolute atomic E-state index is 0.167. The highest BCUT2D eigenvalue weighted by molar-refractivity contribution is 8.00. The Labute approximate surface area is 198 Å². The molecule has 3 rings (SSSR count). The van der Waals surface area contributed by atoms with Crippen LogP contribution in [0.15, 0.2) is 34.9 Å². The highest BCUT2D eigenvalue weighted by atomic mass is 32.2. The summed E-state index contributed by atoms with van der Waals surface area (Å²) in [4.78, 5) is 0. The van der Waals surface area contributed by atoms with Crippen LogP contribution in [0.5, 0.6) is 0 Å². The van der Waals surface area contributed by atoms with Crippen molar-refractivity contribution in [1.82, 2.24) is 0 Å². The molecule has 0 aromatic rings. The zero-order valence-corrected chi connectivity index (χ0v) is 21.4. The average molecular weight is 465 g/mol. The summed E-state index contributed by atoms with van der Waals surface area (Å²) in [6.07, 6.45) is 11.8. The maximum Gasteiger partial charge on any atom is 0.114 e. The number of fused-ring (bicyclic) bond motifs is 1. The van der Waals surface area contributed by atoms with E-state index in [1.165, 1.54) is 25.3 Å².